The van der Waals surface area contributed by atoms with Crippen molar-refractivity contribution in [2.45, 2.75) is 13.3 Å². The summed E-state index contributed by atoms with van der Waals surface area (Å²) >= 11 is 1.08. The molecule has 2 aromatic rings. The zero-order chi connectivity index (χ0) is 14.0. The van der Waals surface area contributed by atoms with E-state index in [4.69, 9.17) is 0 Å². The maximum Gasteiger partial charge on any atom is 0.573 e. The van der Waals surface area contributed by atoms with Crippen molar-refractivity contribution in [2.24, 2.45) is 0 Å². The lowest BCUT2D eigenvalue weighted by Gasteiger charge is -2.12. The molecular formula is C12H8F3NO2S. The number of alkyl halides is 3. The highest BCUT2D eigenvalue weighted by atomic mass is 32.1. The second-order valence-electron chi connectivity index (χ2n) is 3.64. The van der Waals surface area contributed by atoms with Gasteiger partial charge in [0.15, 0.2) is 0 Å². The first-order valence-corrected chi connectivity index (χ1v) is 6.06. The first-order chi connectivity index (χ1) is 8.88. The minimum absolute atomic E-state index is 0.132. The van der Waals surface area contributed by atoms with E-state index in [0.717, 1.165) is 17.4 Å². The Morgan fingerprint density at radius 1 is 1.32 bits per heavy atom. The van der Waals surface area contributed by atoms with Gasteiger partial charge in [-0.1, -0.05) is 12.1 Å². The molecule has 100 valence electrons. The number of halogens is 3. The topological polar surface area (TPSA) is 39.2 Å². The Kier molecular flexibility index (Phi) is 3.57. The number of thiazole rings is 1. The minimum atomic E-state index is -4.83. The quantitative estimate of drug-likeness (QED) is 0.810. The number of aromatic nitrogens is 1. The van der Waals surface area contributed by atoms with E-state index in [0.29, 0.717) is 10.6 Å². The Hall–Kier alpha value is -1.89. The molecule has 0 saturated heterocycles. The summed E-state index contributed by atoms with van der Waals surface area (Å²) in [7, 11) is 0. The van der Waals surface area contributed by atoms with E-state index in [2.05, 4.69) is 9.72 Å². The maximum atomic E-state index is 12.3. The van der Waals surface area contributed by atoms with Gasteiger partial charge in [0.05, 0.1) is 21.6 Å². The summed E-state index contributed by atoms with van der Waals surface area (Å²) in [6, 6.07) is 5.25. The van der Waals surface area contributed by atoms with Crippen LogP contribution in [0.4, 0.5) is 13.2 Å². The third-order valence-corrected chi connectivity index (χ3v) is 3.24. The third-order valence-electron chi connectivity index (χ3n) is 2.31. The predicted octanol–water partition coefficient (Wildman–Crippen LogP) is 3.58. The summed E-state index contributed by atoms with van der Waals surface area (Å²) in [5.41, 5.74) is 1.82. The molecule has 0 N–H and O–H groups in total. The number of ether oxygens (including phenoxy) is 1. The van der Waals surface area contributed by atoms with E-state index in [-0.39, 0.29) is 5.56 Å². The number of carbonyl (C=O) groups excluding carboxylic acids is 1. The number of hydrogen-bond donors (Lipinski definition) is 0. The van der Waals surface area contributed by atoms with E-state index >= 15 is 0 Å². The average molecular weight is 287 g/mol. The van der Waals surface area contributed by atoms with Gasteiger partial charge < -0.3 is 4.74 Å². The first kappa shape index (κ1) is 13.5. The van der Waals surface area contributed by atoms with Crippen molar-refractivity contribution in [3.05, 3.63) is 45.9 Å². The van der Waals surface area contributed by atoms with Gasteiger partial charge in [-0.3, -0.25) is 4.79 Å². The Morgan fingerprint density at radius 2 is 2.00 bits per heavy atom. The highest BCUT2D eigenvalue weighted by molar-refractivity contribution is 7.12. The standard InChI is InChI=1S/C12H8F3NO2S/c1-7-11(19-6-16-7)10(17)8-4-2-3-5-9(8)18-12(13,14)15/h2-6H,1H3. The second-order valence-corrected chi connectivity index (χ2v) is 4.49. The van der Waals surface area contributed by atoms with Crippen LogP contribution in [-0.4, -0.2) is 17.1 Å². The first-order valence-electron chi connectivity index (χ1n) is 5.18. The molecule has 0 fully saturated rings. The number of para-hydroxylation sites is 1. The van der Waals surface area contributed by atoms with E-state index in [1.807, 2.05) is 0 Å². The number of rotatable bonds is 3. The molecule has 2 rings (SSSR count). The van der Waals surface area contributed by atoms with Crippen LogP contribution in [0.1, 0.15) is 20.9 Å². The highest BCUT2D eigenvalue weighted by Gasteiger charge is 2.33. The molecular weight excluding hydrogens is 279 g/mol. The highest BCUT2D eigenvalue weighted by Crippen LogP contribution is 2.29. The smallest absolute Gasteiger partial charge is 0.405 e. The van der Waals surface area contributed by atoms with Gasteiger partial charge in [-0.15, -0.1) is 24.5 Å². The second kappa shape index (κ2) is 5.00. The van der Waals surface area contributed by atoms with Gasteiger partial charge in [-0.2, -0.15) is 0 Å². The number of carbonyl (C=O) groups is 1. The molecule has 0 bridgehead atoms. The van der Waals surface area contributed by atoms with Gasteiger partial charge in [-0.25, -0.2) is 4.98 Å². The predicted molar refractivity (Wildman–Crippen MR) is 63.4 cm³/mol. The number of nitrogens with zero attached hydrogens (tertiary/aromatic N) is 1. The van der Waals surface area contributed by atoms with Crippen LogP contribution in [0, 0.1) is 6.92 Å². The fourth-order valence-corrected chi connectivity index (χ4v) is 2.27. The molecule has 0 saturated carbocycles. The lowest BCUT2D eigenvalue weighted by Crippen LogP contribution is -2.19. The Bertz CT molecular complexity index is 607. The number of hydrogen-bond acceptors (Lipinski definition) is 4. The average Bonchev–Trinajstić information content (AvgIpc) is 2.73. The fourth-order valence-electron chi connectivity index (χ4n) is 1.51. The molecule has 0 atom stereocenters. The van der Waals surface area contributed by atoms with Crippen LogP contribution >= 0.6 is 11.3 Å². The SMILES string of the molecule is Cc1ncsc1C(=O)c1ccccc1OC(F)(F)F. The molecule has 1 aromatic heterocycles. The van der Waals surface area contributed by atoms with E-state index in [1.54, 1.807) is 6.92 Å². The molecule has 7 heteroatoms. The van der Waals surface area contributed by atoms with Crippen LogP contribution < -0.4 is 4.74 Å². The zero-order valence-corrected chi connectivity index (χ0v) is 10.5. The van der Waals surface area contributed by atoms with Crippen molar-refractivity contribution < 1.29 is 22.7 Å². The summed E-state index contributed by atoms with van der Waals surface area (Å²) in [6.45, 7) is 1.62. The van der Waals surface area contributed by atoms with Crippen molar-refractivity contribution in [2.75, 3.05) is 0 Å². The molecule has 0 radical (unpaired) electrons. The van der Waals surface area contributed by atoms with Gasteiger partial charge in [-0.05, 0) is 19.1 Å². The summed E-state index contributed by atoms with van der Waals surface area (Å²) in [6.07, 6.45) is -4.83. The van der Waals surface area contributed by atoms with Crippen molar-refractivity contribution in [1.29, 1.82) is 0 Å². The Morgan fingerprint density at radius 3 is 2.58 bits per heavy atom. The summed E-state index contributed by atoms with van der Waals surface area (Å²) in [5, 5.41) is 0. The van der Waals surface area contributed by atoms with Crippen molar-refractivity contribution in [1.82, 2.24) is 4.98 Å². The van der Waals surface area contributed by atoms with E-state index in [9.17, 15) is 18.0 Å². The fraction of sp³-hybridized carbons (Fsp3) is 0.167. The molecule has 0 aliphatic rings. The number of ketones is 1. The van der Waals surface area contributed by atoms with Gasteiger partial charge in [0, 0.05) is 0 Å². The monoisotopic (exact) mass is 287 g/mol. The third kappa shape index (κ3) is 3.11. The molecule has 1 aromatic carbocycles. The molecule has 0 amide bonds. The molecule has 3 nitrogen and oxygen atoms in total. The normalized spacial score (nSPS) is 11.4. The lowest BCUT2D eigenvalue weighted by molar-refractivity contribution is -0.274. The van der Waals surface area contributed by atoms with E-state index in [1.165, 1.54) is 23.7 Å². The van der Waals surface area contributed by atoms with Crippen LogP contribution in [0.25, 0.3) is 0 Å². The number of benzene rings is 1. The molecule has 0 unspecified atom stereocenters. The van der Waals surface area contributed by atoms with Crippen LogP contribution in [0.2, 0.25) is 0 Å². The van der Waals surface area contributed by atoms with Crippen molar-refractivity contribution in [3.63, 3.8) is 0 Å². The van der Waals surface area contributed by atoms with Gasteiger partial charge in [0.2, 0.25) is 5.78 Å². The van der Waals surface area contributed by atoms with Crippen LogP contribution in [0.5, 0.6) is 5.75 Å². The molecule has 0 aliphatic carbocycles. The van der Waals surface area contributed by atoms with Crippen LogP contribution in [0.3, 0.4) is 0 Å². The Labute approximate surface area is 110 Å². The molecule has 19 heavy (non-hydrogen) atoms. The molecule has 1 heterocycles. The number of aryl methyl sites for hydroxylation is 1. The summed E-state index contributed by atoms with van der Waals surface area (Å²) < 4.78 is 40.6. The minimum Gasteiger partial charge on any atom is -0.405 e. The van der Waals surface area contributed by atoms with Crippen LogP contribution in [0.15, 0.2) is 29.8 Å². The largest absolute Gasteiger partial charge is 0.573 e. The summed E-state index contributed by atoms with van der Waals surface area (Å²) in [5.74, 6) is -1.03. The molecule has 0 spiro atoms. The van der Waals surface area contributed by atoms with Crippen molar-refractivity contribution in [3.8, 4) is 5.75 Å². The Balaban J connectivity index is 2.40. The van der Waals surface area contributed by atoms with Crippen molar-refractivity contribution >= 4 is 17.1 Å². The molecule has 0 aliphatic heterocycles. The lowest BCUT2D eigenvalue weighted by atomic mass is 10.1. The zero-order valence-electron chi connectivity index (χ0n) is 9.69. The van der Waals surface area contributed by atoms with Gasteiger partial charge in [0.25, 0.3) is 0 Å². The summed E-state index contributed by atoms with van der Waals surface area (Å²) in [4.78, 5) is 16.4. The van der Waals surface area contributed by atoms with Crippen LogP contribution in [-0.2, 0) is 0 Å². The van der Waals surface area contributed by atoms with E-state index < -0.39 is 17.9 Å². The van der Waals surface area contributed by atoms with Gasteiger partial charge in [0.1, 0.15) is 5.75 Å². The maximum absolute atomic E-state index is 12.3. The van der Waals surface area contributed by atoms with Gasteiger partial charge >= 0.3 is 6.36 Å².